The highest BCUT2D eigenvalue weighted by Crippen LogP contribution is 2.49. The summed E-state index contributed by atoms with van der Waals surface area (Å²) < 4.78 is 44.5. The third-order valence-electron chi connectivity index (χ3n) is 3.44. The van der Waals surface area contributed by atoms with Crippen LogP contribution < -0.4 is 5.32 Å². The highest BCUT2D eigenvalue weighted by Gasteiger charge is 2.63. The molecule has 1 N–H and O–H groups in total. The van der Waals surface area contributed by atoms with E-state index in [-0.39, 0.29) is 31.2 Å². The van der Waals surface area contributed by atoms with Crippen molar-refractivity contribution in [1.82, 2.24) is 15.5 Å². The summed E-state index contributed by atoms with van der Waals surface area (Å²) in [5.41, 5.74) is -1.08. The molecule has 21 heavy (non-hydrogen) atoms. The van der Waals surface area contributed by atoms with Crippen LogP contribution in [0.5, 0.6) is 0 Å². The van der Waals surface area contributed by atoms with Gasteiger partial charge in [-0.05, 0) is 40.9 Å². The molecule has 0 spiro atoms. The molecule has 2 aromatic rings. The molecule has 1 aliphatic carbocycles. The fraction of sp³-hybridized carbons (Fsp3) is 0.385. The molecule has 1 fully saturated rings. The number of benzene rings is 1. The Kier molecular flexibility index (Phi) is 3.53. The first-order valence-corrected chi connectivity index (χ1v) is 7.10. The lowest BCUT2D eigenvalue weighted by molar-refractivity contribution is -0.166. The van der Waals surface area contributed by atoms with Gasteiger partial charge in [-0.15, -0.1) is 10.2 Å². The Morgan fingerprint density at radius 1 is 1.24 bits per heavy atom. The fourth-order valence-electron chi connectivity index (χ4n) is 2.00. The van der Waals surface area contributed by atoms with Crippen molar-refractivity contribution in [2.45, 2.75) is 31.1 Å². The molecule has 1 aromatic heterocycles. The van der Waals surface area contributed by atoms with Crippen LogP contribution in [-0.2, 0) is 6.54 Å². The van der Waals surface area contributed by atoms with E-state index in [4.69, 9.17) is 4.42 Å². The van der Waals surface area contributed by atoms with Gasteiger partial charge in [0.2, 0.25) is 11.8 Å². The Morgan fingerprint density at radius 3 is 2.57 bits per heavy atom. The second kappa shape index (κ2) is 5.10. The minimum atomic E-state index is -4.25. The lowest BCUT2D eigenvalue weighted by Crippen LogP contribution is -2.44. The molecule has 1 aliphatic rings. The van der Waals surface area contributed by atoms with Gasteiger partial charge in [0.25, 0.3) is 0 Å². The van der Waals surface area contributed by atoms with Crippen molar-refractivity contribution in [3.8, 4) is 11.5 Å². The second-order valence-corrected chi connectivity index (χ2v) is 5.77. The monoisotopic (exact) mass is 361 g/mol. The van der Waals surface area contributed by atoms with Gasteiger partial charge >= 0.3 is 6.18 Å². The number of hydrogen-bond donors (Lipinski definition) is 1. The van der Waals surface area contributed by atoms with Crippen molar-refractivity contribution in [3.63, 3.8) is 0 Å². The number of halogens is 4. The van der Waals surface area contributed by atoms with Crippen LogP contribution in [0.1, 0.15) is 18.7 Å². The summed E-state index contributed by atoms with van der Waals surface area (Å²) in [7, 11) is 0. The summed E-state index contributed by atoms with van der Waals surface area (Å²) in [6, 6.07) is 7.25. The Morgan fingerprint density at radius 2 is 1.95 bits per heavy atom. The molecule has 0 aliphatic heterocycles. The van der Waals surface area contributed by atoms with Crippen molar-refractivity contribution >= 4 is 15.9 Å². The van der Waals surface area contributed by atoms with Gasteiger partial charge in [-0.1, -0.05) is 12.1 Å². The minimum Gasteiger partial charge on any atom is -0.419 e. The minimum absolute atomic E-state index is 0.0850. The van der Waals surface area contributed by atoms with Crippen molar-refractivity contribution in [1.29, 1.82) is 0 Å². The van der Waals surface area contributed by atoms with Crippen LogP contribution in [0.3, 0.4) is 0 Å². The number of aromatic nitrogens is 2. The summed E-state index contributed by atoms with van der Waals surface area (Å²) in [6.45, 7) is -0.100. The SMILES string of the molecule is FC(F)(F)C1(NCc2nnc(-c3ccccc3Br)o2)CC1. The molecule has 4 nitrogen and oxygen atoms in total. The van der Waals surface area contributed by atoms with Crippen molar-refractivity contribution in [2.24, 2.45) is 0 Å². The number of rotatable bonds is 4. The van der Waals surface area contributed by atoms with E-state index in [1.165, 1.54) is 0 Å². The number of nitrogens with zero attached hydrogens (tertiary/aromatic N) is 2. The van der Waals surface area contributed by atoms with E-state index in [0.717, 1.165) is 4.47 Å². The Balaban J connectivity index is 1.71. The molecule has 1 aromatic carbocycles. The van der Waals surface area contributed by atoms with E-state index < -0.39 is 11.7 Å². The van der Waals surface area contributed by atoms with Gasteiger partial charge in [0, 0.05) is 4.47 Å². The van der Waals surface area contributed by atoms with Gasteiger partial charge in [-0.25, -0.2) is 0 Å². The quantitative estimate of drug-likeness (QED) is 0.902. The molecule has 1 heterocycles. The van der Waals surface area contributed by atoms with Crippen molar-refractivity contribution in [3.05, 3.63) is 34.6 Å². The maximum absolute atomic E-state index is 12.8. The average molecular weight is 362 g/mol. The third kappa shape index (κ3) is 2.82. The van der Waals surface area contributed by atoms with E-state index in [2.05, 4.69) is 31.4 Å². The molecule has 1 saturated carbocycles. The maximum atomic E-state index is 12.8. The van der Waals surface area contributed by atoms with E-state index in [0.29, 0.717) is 5.56 Å². The van der Waals surface area contributed by atoms with E-state index >= 15 is 0 Å². The zero-order chi connectivity index (χ0) is 15.1. The van der Waals surface area contributed by atoms with Crippen molar-refractivity contribution < 1.29 is 17.6 Å². The van der Waals surface area contributed by atoms with Crippen LogP contribution in [0.15, 0.2) is 33.2 Å². The van der Waals surface area contributed by atoms with E-state index in [9.17, 15) is 13.2 Å². The summed E-state index contributed by atoms with van der Waals surface area (Å²) in [5.74, 6) is 0.410. The Labute approximate surface area is 126 Å². The summed E-state index contributed by atoms with van der Waals surface area (Å²) in [4.78, 5) is 0. The van der Waals surface area contributed by atoms with Crippen LogP contribution in [0, 0.1) is 0 Å². The van der Waals surface area contributed by atoms with Crippen LogP contribution in [0.4, 0.5) is 13.2 Å². The topological polar surface area (TPSA) is 51.0 Å². The second-order valence-electron chi connectivity index (χ2n) is 4.91. The largest absolute Gasteiger partial charge is 0.419 e. The van der Waals surface area contributed by atoms with Crippen LogP contribution in [0.25, 0.3) is 11.5 Å². The van der Waals surface area contributed by atoms with Gasteiger partial charge in [0.05, 0.1) is 12.1 Å². The molecular formula is C13H11BrF3N3O. The van der Waals surface area contributed by atoms with Gasteiger partial charge in [0.15, 0.2) is 0 Å². The number of hydrogen-bond acceptors (Lipinski definition) is 4. The molecule has 0 atom stereocenters. The standard InChI is InChI=1S/C13H11BrF3N3O/c14-9-4-2-1-3-8(9)11-20-19-10(21-11)7-18-12(5-6-12)13(15,16)17/h1-4,18H,5-7H2. The molecule has 0 amide bonds. The molecule has 0 bridgehead atoms. The average Bonchev–Trinajstić information content (AvgIpc) is 3.10. The molecule has 3 rings (SSSR count). The number of alkyl halides is 3. The van der Waals surface area contributed by atoms with Crippen LogP contribution in [0.2, 0.25) is 0 Å². The highest BCUT2D eigenvalue weighted by atomic mass is 79.9. The van der Waals surface area contributed by atoms with Crippen molar-refractivity contribution in [2.75, 3.05) is 0 Å². The van der Waals surface area contributed by atoms with Crippen LogP contribution in [-0.4, -0.2) is 21.9 Å². The molecule has 0 unspecified atom stereocenters. The van der Waals surface area contributed by atoms with Gasteiger partial charge < -0.3 is 4.42 Å². The predicted octanol–water partition coefficient (Wildman–Crippen LogP) is 3.68. The predicted molar refractivity (Wildman–Crippen MR) is 72.3 cm³/mol. The molecular weight excluding hydrogens is 351 g/mol. The lowest BCUT2D eigenvalue weighted by atomic mass is 10.2. The zero-order valence-corrected chi connectivity index (χ0v) is 12.3. The highest BCUT2D eigenvalue weighted by molar-refractivity contribution is 9.10. The summed E-state index contributed by atoms with van der Waals surface area (Å²) in [5, 5.41) is 10.1. The van der Waals surface area contributed by atoms with E-state index in [1.54, 1.807) is 6.07 Å². The lowest BCUT2D eigenvalue weighted by Gasteiger charge is -2.19. The van der Waals surface area contributed by atoms with Gasteiger partial charge in [-0.2, -0.15) is 13.2 Å². The first-order valence-electron chi connectivity index (χ1n) is 6.30. The Bertz CT molecular complexity index is 652. The van der Waals surface area contributed by atoms with E-state index in [1.807, 2.05) is 18.2 Å². The Hall–Kier alpha value is -1.41. The first-order chi connectivity index (χ1) is 9.91. The molecule has 0 radical (unpaired) electrons. The smallest absolute Gasteiger partial charge is 0.406 e. The zero-order valence-electron chi connectivity index (χ0n) is 10.7. The molecule has 112 valence electrons. The van der Waals surface area contributed by atoms with Gasteiger partial charge in [0.1, 0.15) is 5.54 Å². The third-order valence-corrected chi connectivity index (χ3v) is 4.13. The molecule has 8 heteroatoms. The summed E-state index contributed by atoms with van der Waals surface area (Å²) >= 11 is 3.36. The van der Waals surface area contributed by atoms with Crippen LogP contribution >= 0.6 is 15.9 Å². The van der Waals surface area contributed by atoms with Gasteiger partial charge in [-0.3, -0.25) is 5.32 Å². The normalized spacial score (nSPS) is 17.0. The number of nitrogens with one attached hydrogen (secondary N) is 1. The maximum Gasteiger partial charge on any atom is 0.406 e. The summed E-state index contributed by atoms with van der Waals surface area (Å²) in [6.07, 6.45) is -4.08. The molecule has 0 saturated heterocycles. The fourth-order valence-corrected chi connectivity index (χ4v) is 2.45. The first kappa shape index (κ1) is 14.5.